The minimum Gasteiger partial charge on any atom is -0.342 e. The van der Waals surface area contributed by atoms with Crippen molar-refractivity contribution in [1.82, 2.24) is 10.3 Å². The Labute approximate surface area is 239 Å². The molecule has 0 unspecified atom stereocenters. The first-order valence-corrected chi connectivity index (χ1v) is 13.5. The van der Waals surface area contributed by atoms with Crippen LogP contribution >= 0.6 is 0 Å². The highest BCUT2D eigenvalue weighted by atomic mass is 16.2. The average molecular weight is 551 g/mol. The summed E-state index contributed by atoms with van der Waals surface area (Å²) in [5.41, 5.74) is 12.2. The van der Waals surface area contributed by atoms with Crippen molar-refractivity contribution in [3.63, 3.8) is 0 Å². The summed E-state index contributed by atoms with van der Waals surface area (Å²) in [6, 6.07) is 24.6. The summed E-state index contributed by atoms with van der Waals surface area (Å²) in [6.45, 7) is 3.81. The second kappa shape index (κ2) is 12.8. The smallest absolute Gasteiger partial charge is 0.251 e. The number of carbonyl (C=O) groups excluding carboxylic acids is 4. The molecule has 41 heavy (non-hydrogen) atoms. The number of nitrogens with zero attached hydrogens (tertiary/aromatic N) is 1. The first-order chi connectivity index (χ1) is 19.5. The second-order valence-corrected chi connectivity index (χ2v) is 10.7. The molecular formula is C33H34N4O4. The molecule has 0 aliphatic heterocycles. The molecule has 4 rings (SSSR count). The molecule has 0 saturated heterocycles. The molecule has 0 bridgehead atoms. The fourth-order valence-corrected chi connectivity index (χ4v) is 4.60. The summed E-state index contributed by atoms with van der Waals surface area (Å²) in [4.78, 5) is 56.7. The van der Waals surface area contributed by atoms with Crippen molar-refractivity contribution in [2.45, 2.75) is 44.8 Å². The predicted octanol–water partition coefficient (Wildman–Crippen LogP) is 4.00. The van der Waals surface area contributed by atoms with Crippen LogP contribution in [0.4, 0.5) is 0 Å². The van der Waals surface area contributed by atoms with Gasteiger partial charge in [-0.05, 0) is 59.0 Å². The Kier molecular flexibility index (Phi) is 9.17. The number of fused-ring (bicyclic) bond motifs is 1. The molecule has 0 saturated carbocycles. The molecule has 8 heteroatoms. The van der Waals surface area contributed by atoms with Gasteiger partial charge in [-0.2, -0.15) is 0 Å². The molecule has 3 aromatic carbocycles. The molecule has 5 N–H and O–H groups in total. The second-order valence-electron chi connectivity index (χ2n) is 10.7. The number of nitrogens with one attached hydrogen (secondary N) is 1. The van der Waals surface area contributed by atoms with Gasteiger partial charge in [-0.25, -0.2) is 0 Å². The highest BCUT2D eigenvalue weighted by Gasteiger charge is 2.39. The maximum absolute atomic E-state index is 13.2. The lowest BCUT2D eigenvalue weighted by Crippen LogP contribution is -2.63. The normalized spacial score (nSPS) is 12.2. The average Bonchev–Trinajstić information content (AvgIpc) is 2.96. The van der Waals surface area contributed by atoms with Crippen molar-refractivity contribution < 1.29 is 19.2 Å². The fourth-order valence-electron chi connectivity index (χ4n) is 4.60. The Morgan fingerprint density at radius 2 is 1.56 bits per heavy atom. The van der Waals surface area contributed by atoms with Crippen LogP contribution in [-0.2, 0) is 20.8 Å². The van der Waals surface area contributed by atoms with Crippen LogP contribution < -0.4 is 16.8 Å². The molecule has 4 aromatic rings. The summed E-state index contributed by atoms with van der Waals surface area (Å²) in [5.74, 6) is -2.55. The van der Waals surface area contributed by atoms with Gasteiger partial charge in [-0.1, -0.05) is 68.4 Å². The van der Waals surface area contributed by atoms with Gasteiger partial charge >= 0.3 is 0 Å². The number of rotatable bonds is 12. The Morgan fingerprint density at radius 1 is 0.829 bits per heavy atom. The van der Waals surface area contributed by atoms with Gasteiger partial charge in [0, 0.05) is 23.7 Å². The summed E-state index contributed by atoms with van der Waals surface area (Å²) in [7, 11) is 0. The van der Waals surface area contributed by atoms with Crippen molar-refractivity contribution >= 4 is 34.0 Å². The third-order valence-corrected chi connectivity index (χ3v) is 6.92. The highest BCUT2D eigenvalue weighted by molar-refractivity contribution is 6.17. The van der Waals surface area contributed by atoms with E-state index in [1.165, 1.54) is 0 Å². The summed E-state index contributed by atoms with van der Waals surface area (Å²) < 4.78 is 0. The van der Waals surface area contributed by atoms with Gasteiger partial charge < -0.3 is 16.8 Å². The van der Waals surface area contributed by atoms with E-state index in [-0.39, 0.29) is 12.3 Å². The first kappa shape index (κ1) is 29.5. The van der Waals surface area contributed by atoms with Gasteiger partial charge in [0.25, 0.3) is 5.91 Å². The molecule has 1 aromatic heterocycles. The van der Waals surface area contributed by atoms with Crippen molar-refractivity contribution in [3.8, 4) is 11.3 Å². The van der Waals surface area contributed by atoms with Crippen LogP contribution in [0.15, 0.2) is 91.1 Å². The van der Waals surface area contributed by atoms with Gasteiger partial charge in [0.1, 0.15) is 0 Å². The number of pyridine rings is 1. The lowest BCUT2D eigenvalue weighted by molar-refractivity contribution is -0.136. The number of hydrogen-bond acceptors (Lipinski definition) is 7. The van der Waals surface area contributed by atoms with E-state index in [9.17, 15) is 19.2 Å². The lowest BCUT2D eigenvalue weighted by Gasteiger charge is -2.24. The maximum atomic E-state index is 13.2. The molecule has 1 amide bonds. The Hall–Kier alpha value is -4.53. The van der Waals surface area contributed by atoms with E-state index >= 15 is 0 Å². The molecule has 0 radical (unpaired) electrons. The molecule has 0 aliphatic rings. The number of amides is 1. The number of benzene rings is 3. The number of Topliss-reactive ketones (excluding diaryl/α,β-unsaturated/α-hetero) is 3. The van der Waals surface area contributed by atoms with Crippen LogP contribution in [0, 0.1) is 5.92 Å². The molecule has 0 spiro atoms. The summed E-state index contributed by atoms with van der Waals surface area (Å²) >= 11 is 0. The van der Waals surface area contributed by atoms with Gasteiger partial charge in [0.05, 0.1) is 18.2 Å². The molecule has 1 heterocycles. The monoisotopic (exact) mass is 550 g/mol. The summed E-state index contributed by atoms with van der Waals surface area (Å²) in [6.07, 6.45) is 1.11. The molecule has 210 valence electrons. The zero-order valence-electron chi connectivity index (χ0n) is 23.2. The van der Waals surface area contributed by atoms with Crippen molar-refractivity contribution in [2.75, 3.05) is 0 Å². The van der Waals surface area contributed by atoms with Crippen molar-refractivity contribution in [1.29, 1.82) is 0 Å². The van der Waals surface area contributed by atoms with Gasteiger partial charge in [0.15, 0.2) is 23.0 Å². The zero-order valence-corrected chi connectivity index (χ0v) is 23.2. The minimum absolute atomic E-state index is 0.0458. The van der Waals surface area contributed by atoms with Gasteiger partial charge in [-0.3, -0.25) is 24.2 Å². The first-order valence-electron chi connectivity index (χ1n) is 13.5. The van der Waals surface area contributed by atoms with Crippen molar-refractivity contribution in [2.24, 2.45) is 17.4 Å². The number of carbonyl (C=O) groups is 4. The van der Waals surface area contributed by atoms with Crippen LogP contribution in [0.2, 0.25) is 0 Å². The maximum Gasteiger partial charge on any atom is 0.251 e. The van der Waals surface area contributed by atoms with Gasteiger partial charge in [0.2, 0.25) is 0 Å². The third kappa shape index (κ3) is 7.36. The van der Waals surface area contributed by atoms with E-state index in [0.717, 1.165) is 22.0 Å². The summed E-state index contributed by atoms with van der Waals surface area (Å²) in [5, 5.41) is 4.64. The predicted molar refractivity (Wildman–Crippen MR) is 159 cm³/mol. The Balaban J connectivity index is 1.43. The SMILES string of the molecule is CC(C)C[C@H](NC(=O)c1ccc2ccccc2c1)C(=O)CC(=O)C(N)(N)C(=O)Cc1cccc(-c2ccccn2)c1. The fraction of sp³-hybridized carbons (Fsp3) is 0.242. The molecule has 0 aliphatic carbocycles. The van der Waals surface area contributed by atoms with E-state index in [1.807, 2.05) is 68.4 Å². The van der Waals surface area contributed by atoms with Gasteiger partial charge in [-0.15, -0.1) is 0 Å². The van der Waals surface area contributed by atoms with Crippen LogP contribution in [0.5, 0.6) is 0 Å². The topological polar surface area (TPSA) is 145 Å². The van der Waals surface area contributed by atoms with E-state index in [0.29, 0.717) is 17.5 Å². The quantitative estimate of drug-likeness (QED) is 0.179. The molecule has 0 fully saturated rings. The van der Waals surface area contributed by atoms with Crippen LogP contribution in [0.25, 0.3) is 22.0 Å². The number of hydrogen-bond donors (Lipinski definition) is 3. The van der Waals surface area contributed by atoms with Crippen molar-refractivity contribution in [3.05, 3.63) is 102 Å². The minimum atomic E-state index is -2.36. The highest BCUT2D eigenvalue weighted by Crippen LogP contribution is 2.20. The molecular weight excluding hydrogens is 516 g/mol. The largest absolute Gasteiger partial charge is 0.342 e. The zero-order chi connectivity index (χ0) is 29.6. The van der Waals surface area contributed by atoms with Crippen LogP contribution in [-0.4, -0.2) is 39.9 Å². The van der Waals surface area contributed by atoms with E-state index in [1.54, 1.807) is 36.5 Å². The van der Waals surface area contributed by atoms with E-state index < -0.39 is 41.4 Å². The standard InChI is InChI=1S/C33H34N4O4/c1-21(2)16-28(37-32(41)26-14-13-23-9-3-4-10-24(23)19-26)29(38)20-31(40)33(34,35)30(39)18-22-8-7-11-25(17-22)27-12-5-6-15-36-27/h3-15,17,19,21,28H,16,18,20,34-35H2,1-2H3,(H,37,41)/t28-/m0/s1. The van der Waals surface area contributed by atoms with Crippen LogP contribution in [0.3, 0.4) is 0 Å². The number of nitrogens with two attached hydrogens (primary N) is 2. The molecule has 1 atom stereocenters. The van der Waals surface area contributed by atoms with E-state index in [4.69, 9.17) is 11.5 Å². The van der Waals surface area contributed by atoms with Crippen LogP contribution in [0.1, 0.15) is 42.6 Å². The number of aromatic nitrogens is 1. The molecule has 8 nitrogen and oxygen atoms in total. The Morgan fingerprint density at radius 3 is 2.27 bits per heavy atom. The lowest BCUT2D eigenvalue weighted by atomic mass is 9.89. The third-order valence-electron chi connectivity index (χ3n) is 6.92. The Bertz CT molecular complexity index is 1580. The number of ketones is 3. The van der Waals surface area contributed by atoms with E-state index in [2.05, 4.69) is 10.3 Å².